The number of aliphatic hydroxyl groups excluding tert-OH is 2. The van der Waals surface area contributed by atoms with E-state index >= 15 is 0 Å². The van der Waals surface area contributed by atoms with Gasteiger partial charge in [0, 0.05) is 17.7 Å². The highest BCUT2D eigenvalue weighted by molar-refractivity contribution is 5.92. The SMILES string of the molecule is COc1ccccc1C(=O)O[C@H]1[C@H](Oc2cc(O)c3c(=O)c(O)c(-c4ccc(O)cc4)oc3c2)O[C@H](C)[C@H](O)[C@H]1O. The van der Waals surface area contributed by atoms with Crippen molar-refractivity contribution in [3.63, 3.8) is 0 Å². The van der Waals surface area contributed by atoms with E-state index in [4.69, 9.17) is 23.4 Å². The quantitative estimate of drug-likeness (QED) is 0.215. The van der Waals surface area contributed by atoms with Gasteiger partial charge in [0.2, 0.25) is 17.5 Å². The van der Waals surface area contributed by atoms with Crippen LogP contribution in [-0.2, 0) is 9.47 Å². The molecule has 214 valence electrons. The second-order valence-electron chi connectivity index (χ2n) is 9.35. The predicted molar refractivity (Wildman–Crippen MR) is 142 cm³/mol. The van der Waals surface area contributed by atoms with Crippen molar-refractivity contribution in [2.45, 2.75) is 37.6 Å². The largest absolute Gasteiger partial charge is 0.508 e. The summed E-state index contributed by atoms with van der Waals surface area (Å²) in [5, 5.41) is 51.5. The number of ether oxygens (including phenoxy) is 4. The van der Waals surface area contributed by atoms with E-state index in [-0.39, 0.29) is 45.1 Å². The van der Waals surface area contributed by atoms with Crippen LogP contribution in [0.2, 0.25) is 0 Å². The molecule has 1 fully saturated rings. The van der Waals surface area contributed by atoms with Crippen molar-refractivity contribution < 1.29 is 53.7 Å². The van der Waals surface area contributed by atoms with Gasteiger partial charge in [0.1, 0.15) is 51.7 Å². The first-order valence-electron chi connectivity index (χ1n) is 12.4. The van der Waals surface area contributed by atoms with Gasteiger partial charge in [0.25, 0.3) is 0 Å². The molecule has 5 atom stereocenters. The summed E-state index contributed by atoms with van der Waals surface area (Å²) in [5.74, 6) is -2.38. The smallest absolute Gasteiger partial charge is 0.342 e. The van der Waals surface area contributed by atoms with E-state index in [1.54, 1.807) is 18.2 Å². The number of esters is 1. The number of hydrogen-bond donors (Lipinski definition) is 5. The molecule has 12 heteroatoms. The first-order valence-corrected chi connectivity index (χ1v) is 12.4. The molecule has 0 aliphatic carbocycles. The molecule has 12 nitrogen and oxygen atoms in total. The summed E-state index contributed by atoms with van der Waals surface area (Å²) in [6.45, 7) is 1.48. The zero-order valence-electron chi connectivity index (χ0n) is 21.8. The molecule has 1 aliphatic heterocycles. The number of aliphatic hydroxyl groups is 2. The third kappa shape index (κ3) is 5.23. The van der Waals surface area contributed by atoms with Crippen molar-refractivity contribution in [1.82, 2.24) is 0 Å². The number of phenols is 2. The van der Waals surface area contributed by atoms with Crippen molar-refractivity contribution in [3.8, 4) is 40.1 Å². The van der Waals surface area contributed by atoms with E-state index in [9.17, 15) is 35.1 Å². The van der Waals surface area contributed by atoms with Crippen LogP contribution in [0.3, 0.4) is 0 Å². The Morgan fingerprint density at radius 2 is 1.66 bits per heavy atom. The third-order valence-corrected chi connectivity index (χ3v) is 6.66. The molecule has 2 heterocycles. The van der Waals surface area contributed by atoms with E-state index in [0.29, 0.717) is 0 Å². The fourth-order valence-corrected chi connectivity index (χ4v) is 4.50. The van der Waals surface area contributed by atoms with Crippen LogP contribution in [0, 0.1) is 0 Å². The maximum absolute atomic E-state index is 13.0. The first kappa shape index (κ1) is 27.8. The minimum Gasteiger partial charge on any atom is -0.508 e. The molecule has 1 aliphatic rings. The van der Waals surface area contributed by atoms with Crippen molar-refractivity contribution in [3.05, 3.63) is 76.5 Å². The molecule has 41 heavy (non-hydrogen) atoms. The number of hydrogen-bond acceptors (Lipinski definition) is 12. The van der Waals surface area contributed by atoms with Gasteiger partial charge in [-0.25, -0.2) is 4.79 Å². The van der Waals surface area contributed by atoms with Crippen molar-refractivity contribution >= 4 is 16.9 Å². The molecule has 1 saturated heterocycles. The number of rotatable bonds is 6. The second kappa shape index (κ2) is 11.0. The maximum Gasteiger partial charge on any atom is 0.342 e. The van der Waals surface area contributed by atoms with Gasteiger partial charge in [-0.05, 0) is 43.3 Å². The lowest BCUT2D eigenvalue weighted by molar-refractivity contribution is -0.267. The Bertz CT molecular complexity index is 1640. The average molecular weight is 567 g/mol. The molecule has 0 radical (unpaired) electrons. The Kier molecular flexibility index (Phi) is 7.45. The number of methoxy groups -OCH3 is 1. The molecule has 0 bridgehead atoms. The number of carbonyl (C=O) groups is 1. The molecule has 1 aromatic heterocycles. The maximum atomic E-state index is 13.0. The second-order valence-corrected chi connectivity index (χ2v) is 9.35. The Labute approximate surface area is 232 Å². The van der Waals surface area contributed by atoms with Gasteiger partial charge in [-0.15, -0.1) is 0 Å². The summed E-state index contributed by atoms with van der Waals surface area (Å²) in [6, 6.07) is 14.1. The molecule has 0 saturated carbocycles. The van der Waals surface area contributed by atoms with Gasteiger partial charge in [-0.3, -0.25) is 4.79 Å². The average Bonchev–Trinajstić information content (AvgIpc) is 2.96. The van der Waals surface area contributed by atoms with Crippen LogP contribution < -0.4 is 14.9 Å². The topological polar surface area (TPSA) is 185 Å². The predicted octanol–water partition coefficient (Wildman–Crippen LogP) is 2.66. The lowest BCUT2D eigenvalue weighted by Crippen LogP contribution is -2.59. The van der Waals surface area contributed by atoms with E-state index < -0.39 is 53.6 Å². The summed E-state index contributed by atoms with van der Waals surface area (Å²) in [7, 11) is 1.37. The number of para-hydroxylation sites is 1. The molecular formula is C29H26O12. The first-order chi connectivity index (χ1) is 19.6. The fraction of sp³-hybridized carbons (Fsp3) is 0.241. The molecule has 5 N–H and O–H groups in total. The summed E-state index contributed by atoms with van der Waals surface area (Å²) in [5.41, 5.74) is -0.753. The van der Waals surface area contributed by atoms with Gasteiger partial charge < -0.3 is 48.9 Å². The van der Waals surface area contributed by atoms with Crippen LogP contribution in [-0.4, -0.2) is 69.3 Å². The van der Waals surface area contributed by atoms with Crippen LogP contribution in [0.5, 0.6) is 28.7 Å². The normalized spacial score (nSPS) is 22.3. The van der Waals surface area contributed by atoms with E-state index in [1.807, 2.05) is 0 Å². The summed E-state index contributed by atoms with van der Waals surface area (Å²) < 4.78 is 28.0. The molecule has 5 rings (SSSR count). The number of carbonyl (C=O) groups excluding carboxylic acids is 1. The molecule has 3 aromatic carbocycles. The Morgan fingerprint density at radius 1 is 0.951 bits per heavy atom. The van der Waals surface area contributed by atoms with Gasteiger partial charge in [0.15, 0.2) is 11.9 Å². The zero-order chi connectivity index (χ0) is 29.4. The van der Waals surface area contributed by atoms with Crippen LogP contribution >= 0.6 is 0 Å². The number of fused-ring (bicyclic) bond motifs is 1. The highest BCUT2D eigenvalue weighted by atomic mass is 16.7. The van der Waals surface area contributed by atoms with Gasteiger partial charge in [-0.1, -0.05) is 12.1 Å². The van der Waals surface area contributed by atoms with Gasteiger partial charge in [-0.2, -0.15) is 0 Å². The van der Waals surface area contributed by atoms with Gasteiger partial charge in [0.05, 0.1) is 13.2 Å². The summed E-state index contributed by atoms with van der Waals surface area (Å²) >= 11 is 0. The highest BCUT2D eigenvalue weighted by Crippen LogP contribution is 2.37. The lowest BCUT2D eigenvalue weighted by atomic mass is 9.99. The highest BCUT2D eigenvalue weighted by Gasteiger charge is 2.47. The third-order valence-electron chi connectivity index (χ3n) is 6.66. The van der Waals surface area contributed by atoms with Crippen molar-refractivity contribution in [2.24, 2.45) is 0 Å². The van der Waals surface area contributed by atoms with Crippen LogP contribution in [0.25, 0.3) is 22.3 Å². The van der Waals surface area contributed by atoms with Gasteiger partial charge >= 0.3 is 5.97 Å². The van der Waals surface area contributed by atoms with Crippen LogP contribution in [0.4, 0.5) is 0 Å². The number of aromatic hydroxyl groups is 3. The zero-order valence-corrected chi connectivity index (χ0v) is 21.8. The standard InChI is InChI=1S/C29H26O12/c1-13-22(32)24(34)27(41-28(36)17-5-3-4-6-19(17)37-2)29(38-13)39-16-11-18(31)21-20(12-16)40-26(25(35)23(21)33)14-7-9-15(30)10-8-14/h3-13,22,24,27,29-32,34-35H,1-2H3/t13-,22+,24-,27-,29+/m1/s1. The summed E-state index contributed by atoms with van der Waals surface area (Å²) in [6.07, 6.45) is -6.99. The monoisotopic (exact) mass is 566 g/mol. The Morgan fingerprint density at radius 3 is 2.37 bits per heavy atom. The van der Waals surface area contributed by atoms with Crippen LogP contribution in [0.1, 0.15) is 17.3 Å². The molecule has 4 aromatic rings. The Hall–Kier alpha value is -4.78. The number of benzene rings is 3. The minimum atomic E-state index is -1.62. The fourth-order valence-electron chi connectivity index (χ4n) is 4.50. The van der Waals surface area contributed by atoms with Crippen LogP contribution in [0.15, 0.2) is 69.9 Å². The van der Waals surface area contributed by atoms with E-state index in [1.165, 1.54) is 50.4 Å². The molecule has 0 spiro atoms. The molecular weight excluding hydrogens is 540 g/mol. The van der Waals surface area contributed by atoms with Crippen molar-refractivity contribution in [1.29, 1.82) is 0 Å². The summed E-state index contributed by atoms with van der Waals surface area (Å²) in [4.78, 5) is 25.9. The Balaban J connectivity index is 1.50. The molecule has 0 amide bonds. The molecule has 0 unspecified atom stereocenters. The van der Waals surface area contributed by atoms with Crippen molar-refractivity contribution in [2.75, 3.05) is 7.11 Å². The van der Waals surface area contributed by atoms with E-state index in [2.05, 4.69) is 0 Å². The minimum absolute atomic E-state index is 0.0420. The lowest BCUT2D eigenvalue weighted by Gasteiger charge is -2.40. The van der Waals surface area contributed by atoms with E-state index in [0.717, 1.165) is 6.07 Å². The number of phenolic OH excluding ortho intramolecular Hbond substituents is 2.